The Morgan fingerprint density at radius 3 is 2.60 bits per heavy atom. The van der Waals surface area contributed by atoms with Gasteiger partial charge in [0, 0.05) is 18.8 Å². The molecule has 0 aliphatic carbocycles. The number of rotatable bonds is 4. The van der Waals surface area contributed by atoms with Crippen LogP contribution in [0.3, 0.4) is 0 Å². The number of piperidine rings is 1. The Morgan fingerprint density at radius 1 is 1.20 bits per heavy atom. The number of thiophene rings is 1. The summed E-state index contributed by atoms with van der Waals surface area (Å²) in [6, 6.07) is 5.23. The largest absolute Gasteiger partial charge is 0.321 e. The van der Waals surface area contributed by atoms with Gasteiger partial charge in [0.05, 0.1) is 5.02 Å². The van der Waals surface area contributed by atoms with E-state index >= 15 is 0 Å². The zero-order valence-electron chi connectivity index (χ0n) is 13.2. The van der Waals surface area contributed by atoms with Crippen molar-refractivity contribution in [1.29, 1.82) is 0 Å². The molecular formula is C16H16ClFN2O3S2. The van der Waals surface area contributed by atoms with E-state index in [1.54, 1.807) is 5.38 Å². The van der Waals surface area contributed by atoms with E-state index in [2.05, 4.69) is 5.32 Å². The van der Waals surface area contributed by atoms with Crippen LogP contribution in [-0.4, -0.2) is 31.7 Å². The van der Waals surface area contributed by atoms with Crippen LogP contribution in [0, 0.1) is 5.82 Å². The SMILES string of the molecule is O=C(Nc1ccc(F)c(Cl)c1)c1sccc1S(=O)(=O)N1CCCCC1. The minimum atomic E-state index is -3.70. The number of amides is 1. The summed E-state index contributed by atoms with van der Waals surface area (Å²) in [5, 5.41) is 4.02. The highest BCUT2D eigenvalue weighted by molar-refractivity contribution is 7.89. The molecule has 0 unspecified atom stereocenters. The molecule has 0 radical (unpaired) electrons. The summed E-state index contributed by atoms with van der Waals surface area (Å²) in [6.45, 7) is 0.930. The highest BCUT2D eigenvalue weighted by Gasteiger charge is 2.31. The van der Waals surface area contributed by atoms with Crippen molar-refractivity contribution in [2.45, 2.75) is 24.2 Å². The smallest absolute Gasteiger partial charge is 0.267 e. The third-order valence-corrected chi connectivity index (χ3v) is 7.22. The van der Waals surface area contributed by atoms with Crippen molar-refractivity contribution in [2.75, 3.05) is 18.4 Å². The molecule has 0 saturated carbocycles. The monoisotopic (exact) mass is 402 g/mol. The first kappa shape index (κ1) is 18.3. The molecular weight excluding hydrogens is 387 g/mol. The molecule has 1 aromatic heterocycles. The predicted molar refractivity (Wildman–Crippen MR) is 96.3 cm³/mol. The topological polar surface area (TPSA) is 66.5 Å². The molecule has 25 heavy (non-hydrogen) atoms. The average molecular weight is 403 g/mol. The molecule has 134 valence electrons. The zero-order chi connectivity index (χ0) is 18.0. The van der Waals surface area contributed by atoms with Crippen molar-refractivity contribution >= 4 is 44.6 Å². The summed E-state index contributed by atoms with van der Waals surface area (Å²) >= 11 is 6.75. The van der Waals surface area contributed by atoms with Gasteiger partial charge >= 0.3 is 0 Å². The van der Waals surface area contributed by atoms with E-state index < -0.39 is 21.7 Å². The van der Waals surface area contributed by atoms with Crippen molar-refractivity contribution in [3.8, 4) is 0 Å². The molecule has 1 aromatic carbocycles. The van der Waals surface area contributed by atoms with Gasteiger partial charge in [-0.1, -0.05) is 18.0 Å². The molecule has 1 fully saturated rings. The lowest BCUT2D eigenvalue weighted by Crippen LogP contribution is -2.36. The van der Waals surface area contributed by atoms with Gasteiger partial charge in [0.1, 0.15) is 15.6 Å². The number of hydrogen-bond acceptors (Lipinski definition) is 4. The Morgan fingerprint density at radius 2 is 1.92 bits per heavy atom. The lowest BCUT2D eigenvalue weighted by molar-refractivity contribution is 0.102. The fourth-order valence-electron chi connectivity index (χ4n) is 2.67. The summed E-state index contributed by atoms with van der Waals surface area (Å²) in [5.41, 5.74) is 0.297. The molecule has 5 nitrogen and oxygen atoms in total. The van der Waals surface area contributed by atoms with Crippen LogP contribution in [0.2, 0.25) is 5.02 Å². The molecule has 2 heterocycles. The number of benzene rings is 1. The van der Waals surface area contributed by atoms with E-state index in [4.69, 9.17) is 11.6 Å². The minimum absolute atomic E-state index is 0.00473. The summed E-state index contributed by atoms with van der Waals surface area (Å²) < 4.78 is 40.2. The van der Waals surface area contributed by atoms with Crippen LogP contribution >= 0.6 is 22.9 Å². The number of sulfonamides is 1. The van der Waals surface area contributed by atoms with Crippen LogP contribution in [-0.2, 0) is 10.0 Å². The average Bonchev–Trinajstić information content (AvgIpc) is 3.10. The van der Waals surface area contributed by atoms with Crippen LogP contribution in [0.15, 0.2) is 34.5 Å². The first-order valence-electron chi connectivity index (χ1n) is 7.73. The molecule has 1 amide bonds. The molecule has 1 saturated heterocycles. The molecule has 3 rings (SSSR count). The van der Waals surface area contributed by atoms with E-state index in [0.717, 1.165) is 36.7 Å². The standard InChI is InChI=1S/C16H16ClFN2O3S2/c17-12-10-11(4-5-13(12)18)19-16(21)15-14(6-9-24-15)25(22,23)20-7-2-1-3-8-20/h4-6,9-10H,1-3,7-8H2,(H,19,21). The van der Waals surface area contributed by atoms with Gasteiger partial charge in [-0.05, 0) is 42.5 Å². The van der Waals surface area contributed by atoms with Gasteiger partial charge in [-0.2, -0.15) is 4.31 Å². The lowest BCUT2D eigenvalue weighted by Gasteiger charge is -2.25. The van der Waals surface area contributed by atoms with E-state index in [-0.39, 0.29) is 14.8 Å². The summed E-state index contributed by atoms with van der Waals surface area (Å²) in [5.74, 6) is -1.16. The van der Waals surface area contributed by atoms with E-state index in [9.17, 15) is 17.6 Å². The fourth-order valence-corrected chi connectivity index (χ4v) is 5.67. The van der Waals surface area contributed by atoms with Gasteiger partial charge in [-0.3, -0.25) is 4.79 Å². The van der Waals surface area contributed by atoms with Gasteiger partial charge in [-0.15, -0.1) is 11.3 Å². The van der Waals surface area contributed by atoms with Crippen molar-refractivity contribution in [1.82, 2.24) is 4.31 Å². The second-order valence-corrected chi connectivity index (χ2v) is 8.89. The third-order valence-electron chi connectivity index (χ3n) is 3.95. The second kappa shape index (κ2) is 7.41. The number of carbonyl (C=O) groups excluding carboxylic acids is 1. The van der Waals surface area contributed by atoms with Gasteiger partial charge in [0.2, 0.25) is 10.0 Å². The van der Waals surface area contributed by atoms with E-state index in [1.807, 2.05) is 0 Å². The molecule has 1 aliphatic heterocycles. The maximum Gasteiger partial charge on any atom is 0.267 e. The van der Waals surface area contributed by atoms with Crippen molar-refractivity contribution in [3.63, 3.8) is 0 Å². The first-order chi connectivity index (χ1) is 11.9. The molecule has 1 aliphatic rings. The summed E-state index contributed by atoms with van der Waals surface area (Å²) in [4.78, 5) is 12.6. The number of halogens is 2. The maximum atomic E-state index is 13.2. The Hall–Kier alpha value is -1.48. The molecule has 2 aromatic rings. The maximum absolute atomic E-state index is 13.2. The normalized spacial score (nSPS) is 15.9. The molecule has 0 spiro atoms. The molecule has 0 atom stereocenters. The Kier molecular flexibility index (Phi) is 5.43. The van der Waals surface area contributed by atoms with E-state index in [0.29, 0.717) is 18.8 Å². The third kappa shape index (κ3) is 3.87. The highest BCUT2D eigenvalue weighted by atomic mass is 35.5. The number of nitrogens with one attached hydrogen (secondary N) is 1. The van der Waals surface area contributed by atoms with Gasteiger partial charge in [0.25, 0.3) is 5.91 Å². The van der Waals surface area contributed by atoms with Crippen molar-refractivity contribution in [2.24, 2.45) is 0 Å². The van der Waals surface area contributed by atoms with Gasteiger partial charge in [0.15, 0.2) is 0 Å². The van der Waals surface area contributed by atoms with Crippen molar-refractivity contribution < 1.29 is 17.6 Å². The number of anilines is 1. The molecule has 1 N–H and O–H groups in total. The molecule has 0 bridgehead atoms. The first-order valence-corrected chi connectivity index (χ1v) is 10.4. The summed E-state index contributed by atoms with van der Waals surface area (Å²) in [7, 11) is -3.70. The van der Waals surface area contributed by atoms with Crippen molar-refractivity contribution in [3.05, 3.63) is 45.4 Å². The van der Waals surface area contributed by atoms with Crippen LogP contribution in [0.4, 0.5) is 10.1 Å². The van der Waals surface area contributed by atoms with Crippen LogP contribution in [0.5, 0.6) is 0 Å². The van der Waals surface area contributed by atoms with Crippen LogP contribution in [0.1, 0.15) is 28.9 Å². The minimum Gasteiger partial charge on any atom is -0.321 e. The second-order valence-electron chi connectivity index (χ2n) is 5.66. The van der Waals surface area contributed by atoms with Crippen LogP contribution in [0.25, 0.3) is 0 Å². The summed E-state index contributed by atoms with van der Waals surface area (Å²) in [6.07, 6.45) is 2.65. The number of carbonyl (C=O) groups is 1. The lowest BCUT2D eigenvalue weighted by atomic mass is 10.2. The highest BCUT2D eigenvalue weighted by Crippen LogP contribution is 2.28. The Labute approximate surface area is 154 Å². The Balaban J connectivity index is 1.85. The fraction of sp³-hybridized carbons (Fsp3) is 0.312. The van der Waals surface area contributed by atoms with Crippen LogP contribution < -0.4 is 5.32 Å². The number of nitrogens with zero attached hydrogens (tertiary/aromatic N) is 1. The van der Waals surface area contributed by atoms with E-state index in [1.165, 1.54) is 22.5 Å². The molecule has 9 heteroatoms. The van der Waals surface area contributed by atoms with Gasteiger partial charge < -0.3 is 5.32 Å². The Bertz CT molecular complexity index is 893. The zero-order valence-corrected chi connectivity index (χ0v) is 15.6. The number of hydrogen-bond donors (Lipinski definition) is 1. The quantitative estimate of drug-likeness (QED) is 0.841. The van der Waals surface area contributed by atoms with Gasteiger partial charge in [-0.25, -0.2) is 12.8 Å². The predicted octanol–water partition coefficient (Wildman–Crippen LogP) is 3.97.